The normalized spacial score (nSPS) is 14.5. The highest BCUT2D eigenvalue weighted by atomic mass is 127. The van der Waals surface area contributed by atoms with Crippen LogP contribution in [-0.2, 0) is 0 Å². The molecule has 5 heteroatoms. The Morgan fingerprint density at radius 1 is 1.60 bits per heavy atom. The predicted octanol–water partition coefficient (Wildman–Crippen LogP) is 2.57. The van der Waals surface area contributed by atoms with E-state index >= 15 is 0 Å². The molecule has 0 aromatic carbocycles. The molecule has 0 aliphatic rings. The Labute approximate surface area is 82.9 Å². The molecule has 0 fully saturated rings. The molecule has 0 bridgehead atoms. The van der Waals surface area contributed by atoms with Crippen LogP contribution in [0.2, 0.25) is 0 Å². The van der Waals surface area contributed by atoms with Crippen LogP contribution < -0.4 is 5.73 Å². The number of rotatable bonds is 2. The van der Waals surface area contributed by atoms with Crippen LogP contribution in [0.5, 0.6) is 0 Å². The van der Waals surface area contributed by atoms with Crippen molar-refractivity contribution < 1.29 is 0 Å². The molecule has 0 saturated carbocycles. The summed E-state index contributed by atoms with van der Waals surface area (Å²) in [5.41, 5.74) is 5.05. The van der Waals surface area contributed by atoms with E-state index in [0.29, 0.717) is 3.58 Å². The number of hydrogen-bond donors (Lipinski definition) is 1. The Kier molecular flexibility index (Phi) is 5.11. The minimum Gasteiger partial charge on any atom is -0.374 e. The summed E-state index contributed by atoms with van der Waals surface area (Å²) in [5, 5.41) is 0.170. The van der Waals surface area contributed by atoms with Crippen molar-refractivity contribution in [1.29, 1.82) is 0 Å². The molecule has 0 amide bonds. The van der Waals surface area contributed by atoms with Gasteiger partial charge in [0.15, 0.2) is 5.29 Å². The third kappa shape index (κ3) is 4.14. The van der Waals surface area contributed by atoms with Crippen molar-refractivity contribution in [3.05, 3.63) is 21.4 Å². The maximum atomic E-state index is 5.58. The molecule has 56 valence electrons. The number of aliphatic imine (C=N–C) groups is 1. The van der Waals surface area contributed by atoms with Crippen molar-refractivity contribution in [1.82, 2.24) is 0 Å². The highest BCUT2D eigenvalue weighted by Crippen LogP contribution is 2.18. The molecule has 10 heavy (non-hydrogen) atoms. The molecule has 0 spiro atoms. The maximum absolute atomic E-state index is 5.58. The molecule has 0 aliphatic heterocycles. The van der Waals surface area contributed by atoms with Gasteiger partial charge in [-0.15, -0.1) is 0 Å². The number of nitrogens with two attached hydrogens (primary N) is 1. The van der Waals surface area contributed by atoms with Crippen molar-refractivity contribution in [3.63, 3.8) is 0 Å². The first kappa shape index (κ1) is 10.3. The Bertz CT molecular complexity index is 194. The Balaban J connectivity index is 4.48. The predicted molar refractivity (Wildman–Crippen MR) is 54.6 cm³/mol. The quantitative estimate of drug-likeness (QED) is 0.274. The van der Waals surface area contributed by atoms with Gasteiger partial charge in [0.25, 0.3) is 0 Å². The number of hydrogen-bond acceptors (Lipinski definition) is 1. The summed E-state index contributed by atoms with van der Waals surface area (Å²) < 4.78 is 0.711. The van der Waals surface area contributed by atoms with Gasteiger partial charge < -0.3 is 5.73 Å². The first-order valence-corrected chi connectivity index (χ1v) is 4.08. The average molecular weight is 291 g/mol. The summed E-state index contributed by atoms with van der Waals surface area (Å²) in [6.07, 6.45) is 1.56. The van der Waals surface area contributed by atoms with Crippen molar-refractivity contribution in [3.8, 4) is 0 Å². The highest BCUT2D eigenvalue weighted by Gasteiger charge is 1.94. The monoisotopic (exact) mass is 290 g/mol. The molecule has 0 radical (unpaired) electrons. The van der Waals surface area contributed by atoms with E-state index in [2.05, 4.69) is 11.6 Å². The molecule has 2 nitrogen and oxygen atoms in total. The van der Waals surface area contributed by atoms with Crippen molar-refractivity contribution in [2.24, 2.45) is 10.7 Å². The van der Waals surface area contributed by atoms with Gasteiger partial charge in [-0.25, -0.2) is 4.99 Å². The van der Waals surface area contributed by atoms with Gasteiger partial charge in [0, 0.05) is 3.58 Å². The second kappa shape index (κ2) is 4.98. The highest BCUT2D eigenvalue weighted by molar-refractivity contribution is 14.1. The van der Waals surface area contributed by atoms with Crippen LogP contribution in [0, 0.1) is 0 Å². The van der Waals surface area contributed by atoms with E-state index in [1.54, 1.807) is 6.08 Å². The van der Waals surface area contributed by atoms with Gasteiger partial charge in [-0.05, 0) is 34.2 Å². The average Bonchev–Trinajstić information content (AvgIpc) is 1.85. The third-order valence-electron chi connectivity index (χ3n) is 0.581. The van der Waals surface area contributed by atoms with Crippen LogP contribution in [0.1, 0.15) is 0 Å². The van der Waals surface area contributed by atoms with Gasteiger partial charge in [0.05, 0.1) is 0 Å². The molecule has 2 N–H and O–H groups in total. The molecule has 0 aromatic rings. The minimum absolute atomic E-state index is 0.0824. The van der Waals surface area contributed by atoms with Gasteiger partial charge in [0.2, 0.25) is 0 Å². The van der Waals surface area contributed by atoms with Crippen LogP contribution in [0.25, 0.3) is 0 Å². The number of allylic oxidation sites excluding steroid dienone is 2. The lowest BCUT2D eigenvalue weighted by Crippen LogP contribution is -2.00. The molecule has 0 unspecified atom stereocenters. The summed E-state index contributed by atoms with van der Waals surface area (Å²) >= 11 is 12.8. The van der Waals surface area contributed by atoms with Crippen molar-refractivity contribution in [2.75, 3.05) is 0 Å². The number of nitrogens with zero attached hydrogens (tertiary/aromatic N) is 1. The zero-order chi connectivity index (χ0) is 8.15. The standard InChI is InChI=1S/C5H5Cl2IN2/c1-2-3(8)4(6)10-5(7)9/h2H,1H2,(H2,9,10)/b4-3+. The van der Waals surface area contributed by atoms with Gasteiger partial charge in [0.1, 0.15) is 5.16 Å². The second-order valence-electron chi connectivity index (χ2n) is 1.28. The summed E-state index contributed by atoms with van der Waals surface area (Å²) in [6, 6.07) is 0. The van der Waals surface area contributed by atoms with Crippen LogP contribution in [0.4, 0.5) is 0 Å². The Morgan fingerprint density at radius 3 is 2.40 bits per heavy atom. The van der Waals surface area contributed by atoms with Crippen LogP contribution in [-0.4, -0.2) is 5.29 Å². The van der Waals surface area contributed by atoms with Gasteiger partial charge in [-0.1, -0.05) is 24.3 Å². The van der Waals surface area contributed by atoms with E-state index in [1.807, 2.05) is 22.6 Å². The first-order valence-electron chi connectivity index (χ1n) is 2.25. The zero-order valence-corrected chi connectivity index (χ0v) is 8.61. The lowest BCUT2D eigenvalue weighted by molar-refractivity contribution is 1.49. The van der Waals surface area contributed by atoms with Crippen LogP contribution in [0.15, 0.2) is 26.4 Å². The van der Waals surface area contributed by atoms with E-state index in [0.717, 1.165) is 0 Å². The molecule has 0 rings (SSSR count). The van der Waals surface area contributed by atoms with E-state index in [4.69, 9.17) is 28.9 Å². The van der Waals surface area contributed by atoms with Gasteiger partial charge in [-0.3, -0.25) is 0 Å². The molecule has 0 aromatic heterocycles. The molecular weight excluding hydrogens is 286 g/mol. The topological polar surface area (TPSA) is 38.4 Å². The van der Waals surface area contributed by atoms with E-state index in [-0.39, 0.29) is 10.5 Å². The molecule has 0 atom stereocenters. The molecular formula is C5H5Cl2IN2. The largest absolute Gasteiger partial charge is 0.374 e. The molecule has 0 saturated heterocycles. The van der Waals surface area contributed by atoms with E-state index < -0.39 is 0 Å². The molecule has 0 heterocycles. The van der Waals surface area contributed by atoms with Crippen molar-refractivity contribution in [2.45, 2.75) is 0 Å². The fraction of sp³-hybridized carbons (Fsp3) is 0. The lowest BCUT2D eigenvalue weighted by atomic mass is 10.6. The summed E-state index contributed by atoms with van der Waals surface area (Å²) in [4.78, 5) is 3.57. The van der Waals surface area contributed by atoms with Crippen molar-refractivity contribution >= 4 is 51.1 Å². The summed E-state index contributed by atoms with van der Waals surface area (Å²) in [5.74, 6) is 0. The minimum atomic E-state index is -0.0824. The SMILES string of the molecule is C=C/C(I)=C(/Cl)N=C(N)Cl. The third-order valence-corrected chi connectivity index (χ3v) is 2.22. The van der Waals surface area contributed by atoms with E-state index in [1.165, 1.54) is 0 Å². The second-order valence-corrected chi connectivity index (χ2v) is 3.18. The van der Waals surface area contributed by atoms with Crippen LogP contribution in [0.3, 0.4) is 0 Å². The maximum Gasteiger partial charge on any atom is 0.194 e. The fourth-order valence-electron chi connectivity index (χ4n) is 0.231. The van der Waals surface area contributed by atoms with Gasteiger partial charge >= 0.3 is 0 Å². The smallest absolute Gasteiger partial charge is 0.194 e. The fourth-order valence-corrected chi connectivity index (χ4v) is 0.648. The summed E-state index contributed by atoms with van der Waals surface area (Å²) in [7, 11) is 0. The van der Waals surface area contributed by atoms with Gasteiger partial charge in [-0.2, -0.15) is 0 Å². The Morgan fingerprint density at radius 2 is 2.10 bits per heavy atom. The molecule has 0 aliphatic carbocycles. The van der Waals surface area contributed by atoms with Crippen LogP contribution >= 0.6 is 45.8 Å². The Hall–Kier alpha value is 0.260. The number of halogens is 3. The first-order chi connectivity index (χ1) is 4.57. The van der Waals surface area contributed by atoms with E-state index in [9.17, 15) is 0 Å². The lowest BCUT2D eigenvalue weighted by Gasteiger charge is -1.90. The zero-order valence-electron chi connectivity index (χ0n) is 4.94. The summed E-state index contributed by atoms with van der Waals surface area (Å²) in [6.45, 7) is 3.49. The number of amidine groups is 1.